The van der Waals surface area contributed by atoms with Crippen LogP contribution in [0.4, 0.5) is 11.4 Å². The molecule has 0 fully saturated rings. The van der Waals surface area contributed by atoms with Crippen molar-refractivity contribution in [2.45, 2.75) is 27.7 Å². The number of hydrogen-bond acceptors (Lipinski definition) is 3. The predicted molar refractivity (Wildman–Crippen MR) is 103 cm³/mol. The van der Waals surface area contributed by atoms with Crippen LogP contribution in [0.25, 0.3) is 0 Å². The molecule has 2 amide bonds. The molecule has 25 heavy (non-hydrogen) atoms. The van der Waals surface area contributed by atoms with E-state index in [2.05, 4.69) is 26.6 Å². The van der Waals surface area contributed by atoms with Crippen LogP contribution >= 0.6 is 15.9 Å². The summed E-state index contributed by atoms with van der Waals surface area (Å²) in [5.74, 6) is 0.188. The minimum atomic E-state index is -0.296. The molecule has 2 aromatic carbocycles. The maximum absolute atomic E-state index is 12.2. The van der Waals surface area contributed by atoms with Crippen LogP contribution in [-0.4, -0.2) is 18.4 Å². The molecule has 132 valence electrons. The summed E-state index contributed by atoms with van der Waals surface area (Å²) in [5.41, 5.74) is 4.21. The van der Waals surface area contributed by atoms with Crippen LogP contribution in [0.5, 0.6) is 5.75 Å². The summed E-state index contributed by atoms with van der Waals surface area (Å²) in [7, 11) is 0. The van der Waals surface area contributed by atoms with Crippen LogP contribution in [-0.2, 0) is 9.59 Å². The van der Waals surface area contributed by atoms with Crippen molar-refractivity contribution in [3.05, 3.63) is 51.5 Å². The zero-order valence-electron chi connectivity index (χ0n) is 14.7. The number of nitrogens with one attached hydrogen (secondary N) is 2. The standard InChI is InChI=1S/C19H21BrN2O3/c1-11-9-17(12(2)13(3)19(11)20)25-10-18(24)22-16-8-6-5-7-15(16)21-14(4)23/h5-9H,10H2,1-4H3,(H,21,23)(H,22,24). The normalized spacial score (nSPS) is 10.3. The van der Waals surface area contributed by atoms with Crippen LogP contribution in [0, 0.1) is 20.8 Å². The molecule has 0 bridgehead atoms. The first kappa shape index (κ1) is 19.0. The van der Waals surface area contributed by atoms with Gasteiger partial charge in [0, 0.05) is 11.4 Å². The fourth-order valence-corrected chi connectivity index (χ4v) is 2.80. The molecule has 0 unspecified atom stereocenters. The number of hydrogen-bond donors (Lipinski definition) is 2. The molecule has 0 aromatic heterocycles. The number of aryl methyl sites for hydroxylation is 1. The third-order valence-corrected chi connectivity index (χ3v) is 5.05. The number of para-hydroxylation sites is 2. The maximum atomic E-state index is 12.2. The summed E-state index contributed by atoms with van der Waals surface area (Å²) in [6.45, 7) is 7.24. The van der Waals surface area contributed by atoms with E-state index in [0.717, 1.165) is 21.2 Å². The largest absolute Gasteiger partial charge is 0.483 e. The monoisotopic (exact) mass is 404 g/mol. The second kappa shape index (κ2) is 8.16. The van der Waals surface area contributed by atoms with Crippen molar-refractivity contribution >= 4 is 39.1 Å². The second-order valence-electron chi connectivity index (χ2n) is 5.82. The molecule has 0 aliphatic heterocycles. The highest BCUT2D eigenvalue weighted by Gasteiger charge is 2.12. The molecule has 6 heteroatoms. The Labute approximate surface area is 155 Å². The van der Waals surface area contributed by atoms with E-state index in [1.165, 1.54) is 6.92 Å². The van der Waals surface area contributed by atoms with Crippen LogP contribution in [0.2, 0.25) is 0 Å². The van der Waals surface area contributed by atoms with Gasteiger partial charge in [0.1, 0.15) is 5.75 Å². The third kappa shape index (κ3) is 4.82. The molecule has 0 aliphatic carbocycles. The van der Waals surface area contributed by atoms with Gasteiger partial charge in [-0.1, -0.05) is 28.1 Å². The first-order valence-electron chi connectivity index (χ1n) is 7.85. The number of amides is 2. The molecule has 0 saturated carbocycles. The summed E-state index contributed by atoms with van der Waals surface area (Å²) in [4.78, 5) is 23.5. The average molecular weight is 405 g/mol. The zero-order chi connectivity index (χ0) is 18.6. The molecule has 2 aromatic rings. The predicted octanol–water partition coefficient (Wildman–Crippen LogP) is 4.35. The van der Waals surface area contributed by atoms with E-state index in [0.29, 0.717) is 17.1 Å². The number of rotatable bonds is 5. The molecular weight excluding hydrogens is 384 g/mol. The van der Waals surface area contributed by atoms with E-state index in [1.54, 1.807) is 24.3 Å². The Morgan fingerprint density at radius 1 is 1.04 bits per heavy atom. The van der Waals surface area contributed by atoms with Crippen molar-refractivity contribution in [3.8, 4) is 5.75 Å². The fourth-order valence-electron chi connectivity index (χ4n) is 2.38. The summed E-state index contributed by atoms with van der Waals surface area (Å²) >= 11 is 3.55. The number of halogens is 1. The minimum Gasteiger partial charge on any atom is -0.483 e. The first-order chi connectivity index (χ1) is 11.8. The lowest BCUT2D eigenvalue weighted by molar-refractivity contribution is -0.118. The van der Waals surface area contributed by atoms with Crippen molar-refractivity contribution in [2.24, 2.45) is 0 Å². The van der Waals surface area contributed by atoms with Gasteiger partial charge in [0.05, 0.1) is 11.4 Å². The number of anilines is 2. The number of carbonyl (C=O) groups is 2. The molecule has 0 heterocycles. The lowest BCUT2D eigenvalue weighted by Crippen LogP contribution is -2.21. The average Bonchev–Trinajstić information content (AvgIpc) is 2.56. The van der Waals surface area contributed by atoms with Crippen molar-refractivity contribution in [1.82, 2.24) is 0 Å². The lowest BCUT2D eigenvalue weighted by atomic mass is 10.1. The fraction of sp³-hybridized carbons (Fsp3) is 0.263. The molecule has 2 rings (SSSR count). The van der Waals surface area contributed by atoms with Crippen LogP contribution in [0.3, 0.4) is 0 Å². The lowest BCUT2D eigenvalue weighted by Gasteiger charge is -2.15. The summed E-state index contributed by atoms with van der Waals surface area (Å²) < 4.78 is 6.74. The van der Waals surface area contributed by atoms with Gasteiger partial charge >= 0.3 is 0 Å². The Morgan fingerprint density at radius 3 is 2.24 bits per heavy atom. The van der Waals surface area contributed by atoms with Crippen LogP contribution in [0.1, 0.15) is 23.6 Å². The zero-order valence-corrected chi connectivity index (χ0v) is 16.3. The highest BCUT2D eigenvalue weighted by molar-refractivity contribution is 9.10. The van der Waals surface area contributed by atoms with Gasteiger partial charge in [-0.3, -0.25) is 9.59 Å². The topological polar surface area (TPSA) is 67.4 Å². The van der Waals surface area contributed by atoms with Crippen LogP contribution < -0.4 is 15.4 Å². The van der Waals surface area contributed by atoms with E-state index >= 15 is 0 Å². The SMILES string of the molecule is CC(=O)Nc1ccccc1NC(=O)COc1cc(C)c(Br)c(C)c1C. The van der Waals surface area contributed by atoms with Gasteiger partial charge in [-0.05, 0) is 55.7 Å². The molecule has 0 aliphatic rings. The molecule has 0 saturated heterocycles. The van der Waals surface area contributed by atoms with E-state index in [1.807, 2.05) is 26.8 Å². The van der Waals surface area contributed by atoms with Crippen molar-refractivity contribution < 1.29 is 14.3 Å². The highest BCUT2D eigenvalue weighted by atomic mass is 79.9. The molecule has 0 spiro atoms. The number of benzene rings is 2. The van der Waals surface area contributed by atoms with Crippen LogP contribution in [0.15, 0.2) is 34.8 Å². The Balaban J connectivity index is 2.06. The molecule has 0 atom stereocenters. The van der Waals surface area contributed by atoms with Gasteiger partial charge in [-0.15, -0.1) is 0 Å². The number of carbonyl (C=O) groups excluding carboxylic acids is 2. The molecule has 5 nitrogen and oxygen atoms in total. The summed E-state index contributed by atoms with van der Waals surface area (Å²) in [6.07, 6.45) is 0. The maximum Gasteiger partial charge on any atom is 0.262 e. The molecule has 2 N–H and O–H groups in total. The molecular formula is C19H21BrN2O3. The van der Waals surface area contributed by atoms with Gasteiger partial charge < -0.3 is 15.4 Å². The van der Waals surface area contributed by atoms with Gasteiger partial charge in [0.25, 0.3) is 5.91 Å². The minimum absolute atomic E-state index is 0.115. The van der Waals surface area contributed by atoms with E-state index < -0.39 is 0 Å². The Bertz CT molecular complexity index is 819. The number of ether oxygens (including phenoxy) is 1. The Kier molecular flexibility index (Phi) is 6.20. The summed E-state index contributed by atoms with van der Waals surface area (Å²) in [6, 6.07) is 8.93. The highest BCUT2D eigenvalue weighted by Crippen LogP contribution is 2.31. The smallest absolute Gasteiger partial charge is 0.262 e. The Hall–Kier alpha value is -2.34. The first-order valence-corrected chi connectivity index (χ1v) is 8.64. The van der Waals surface area contributed by atoms with Gasteiger partial charge in [-0.25, -0.2) is 0 Å². The van der Waals surface area contributed by atoms with E-state index in [4.69, 9.17) is 4.74 Å². The van der Waals surface area contributed by atoms with E-state index in [-0.39, 0.29) is 18.4 Å². The summed E-state index contributed by atoms with van der Waals surface area (Å²) in [5, 5.41) is 5.44. The van der Waals surface area contributed by atoms with Gasteiger partial charge in [0.2, 0.25) is 5.91 Å². The quantitative estimate of drug-likeness (QED) is 0.777. The molecule has 0 radical (unpaired) electrons. The van der Waals surface area contributed by atoms with Gasteiger partial charge in [-0.2, -0.15) is 0 Å². The van der Waals surface area contributed by atoms with E-state index in [9.17, 15) is 9.59 Å². The van der Waals surface area contributed by atoms with Gasteiger partial charge in [0.15, 0.2) is 6.61 Å². The Morgan fingerprint density at radius 2 is 1.64 bits per heavy atom. The third-order valence-electron chi connectivity index (χ3n) is 3.83. The van der Waals surface area contributed by atoms with Crippen molar-refractivity contribution in [1.29, 1.82) is 0 Å². The van der Waals surface area contributed by atoms with Crippen molar-refractivity contribution in [2.75, 3.05) is 17.2 Å². The van der Waals surface area contributed by atoms with Crippen molar-refractivity contribution in [3.63, 3.8) is 0 Å². The second-order valence-corrected chi connectivity index (χ2v) is 6.61.